The normalized spacial score (nSPS) is 15.1. The summed E-state index contributed by atoms with van der Waals surface area (Å²) in [5, 5.41) is 0. The predicted molar refractivity (Wildman–Crippen MR) is 48.5 cm³/mol. The van der Waals surface area contributed by atoms with Crippen LogP contribution in [-0.2, 0) is 0 Å². The first kappa shape index (κ1) is 9.87. The van der Waals surface area contributed by atoms with Gasteiger partial charge in [0.2, 0.25) is 0 Å². The third kappa shape index (κ3) is 6.00. The first-order chi connectivity index (χ1) is 4.81. The van der Waals surface area contributed by atoms with Gasteiger partial charge < -0.3 is 4.89 Å². The summed E-state index contributed by atoms with van der Waals surface area (Å²) in [7, 11) is -0.766. The van der Waals surface area contributed by atoms with Crippen LogP contribution in [0, 0.1) is 0 Å². The Kier molecular flexibility index (Phi) is 6.89. The Bertz CT molecular complexity index is 104. The smallest absolute Gasteiger partial charge is 0.0328 e. The molecule has 1 N–H and O–H groups in total. The fraction of sp³-hybridized carbons (Fsp3) is 0.500. The molecule has 58 valence electrons. The molecule has 0 aromatic rings. The zero-order valence-electron chi connectivity index (χ0n) is 6.62. The molecule has 2 heteroatoms. The monoisotopic (exact) mass is 158 g/mol. The molecule has 0 saturated carbocycles. The number of rotatable bonds is 4. The minimum atomic E-state index is -0.766. The fourth-order valence-electron chi connectivity index (χ4n) is 0.529. The lowest BCUT2D eigenvalue weighted by molar-refractivity contribution is 0.630. The molecule has 0 unspecified atom stereocenters. The molecule has 0 radical (unpaired) electrons. The van der Waals surface area contributed by atoms with Crippen LogP contribution in [0.4, 0.5) is 0 Å². The summed E-state index contributed by atoms with van der Waals surface area (Å²) in [5.74, 6) is 0. The standard InChI is InChI=1S/C8H15OP/c1-3-5-7-10(9)8-6-4-2/h3-6,9H,7-8H2,1-2H3. The van der Waals surface area contributed by atoms with Gasteiger partial charge in [0.15, 0.2) is 0 Å². The third-order valence-corrected chi connectivity index (χ3v) is 2.37. The van der Waals surface area contributed by atoms with Crippen LogP contribution in [0.25, 0.3) is 0 Å². The van der Waals surface area contributed by atoms with Gasteiger partial charge in [-0.15, -0.1) is 0 Å². The van der Waals surface area contributed by atoms with Crippen LogP contribution < -0.4 is 0 Å². The maximum absolute atomic E-state index is 9.27. The third-order valence-electron chi connectivity index (χ3n) is 1.10. The number of allylic oxidation sites excluding steroid dienone is 4. The average Bonchev–Trinajstić information content (AvgIpc) is 1.97. The van der Waals surface area contributed by atoms with Crippen molar-refractivity contribution in [1.29, 1.82) is 0 Å². The molecule has 1 nitrogen and oxygen atoms in total. The van der Waals surface area contributed by atoms with Gasteiger partial charge in [0, 0.05) is 20.5 Å². The first-order valence-corrected chi connectivity index (χ1v) is 5.14. The summed E-state index contributed by atoms with van der Waals surface area (Å²) in [6, 6.07) is 0. The summed E-state index contributed by atoms with van der Waals surface area (Å²) in [5.41, 5.74) is 0. The molecular weight excluding hydrogens is 143 g/mol. The highest BCUT2D eigenvalue weighted by Gasteiger charge is 1.95. The first-order valence-electron chi connectivity index (χ1n) is 3.47. The molecule has 0 saturated heterocycles. The van der Waals surface area contributed by atoms with Crippen molar-refractivity contribution >= 4 is 8.15 Å². The van der Waals surface area contributed by atoms with Crippen LogP contribution in [0.2, 0.25) is 0 Å². The van der Waals surface area contributed by atoms with Crippen LogP contribution in [0.3, 0.4) is 0 Å². The molecule has 0 atom stereocenters. The van der Waals surface area contributed by atoms with Gasteiger partial charge in [0.1, 0.15) is 0 Å². The van der Waals surface area contributed by atoms with Gasteiger partial charge in [0.25, 0.3) is 0 Å². The van der Waals surface area contributed by atoms with Crippen LogP contribution in [0.5, 0.6) is 0 Å². The lowest BCUT2D eigenvalue weighted by atomic mass is 10.6. The Morgan fingerprint density at radius 3 is 1.80 bits per heavy atom. The Balaban J connectivity index is 3.33. The molecule has 0 aliphatic heterocycles. The van der Waals surface area contributed by atoms with E-state index in [1.54, 1.807) is 0 Å². The van der Waals surface area contributed by atoms with Crippen molar-refractivity contribution < 1.29 is 4.89 Å². The van der Waals surface area contributed by atoms with Gasteiger partial charge >= 0.3 is 0 Å². The van der Waals surface area contributed by atoms with Gasteiger partial charge in [-0.05, 0) is 13.8 Å². The lowest BCUT2D eigenvalue weighted by Gasteiger charge is -2.01. The van der Waals surface area contributed by atoms with E-state index in [9.17, 15) is 4.89 Å². The quantitative estimate of drug-likeness (QED) is 0.492. The van der Waals surface area contributed by atoms with E-state index in [1.807, 2.05) is 38.2 Å². The summed E-state index contributed by atoms with van der Waals surface area (Å²) >= 11 is 0. The van der Waals surface area contributed by atoms with Gasteiger partial charge in [-0.3, -0.25) is 0 Å². The van der Waals surface area contributed by atoms with Crippen molar-refractivity contribution in [2.75, 3.05) is 12.3 Å². The summed E-state index contributed by atoms with van der Waals surface area (Å²) < 4.78 is 0. The van der Waals surface area contributed by atoms with Crippen LogP contribution in [-0.4, -0.2) is 17.2 Å². The van der Waals surface area contributed by atoms with Crippen LogP contribution in [0.15, 0.2) is 24.3 Å². The largest absolute Gasteiger partial charge is 0.373 e. The van der Waals surface area contributed by atoms with Gasteiger partial charge in [-0.2, -0.15) is 0 Å². The lowest BCUT2D eigenvalue weighted by Crippen LogP contribution is -1.81. The SMILES string of the molecule is CC=CCP(O)CC=CC. The maximum Gasteiger partial charge on any atom is 0.0328 e. The number of hydrogen-bond donors (Lipinski definition) is 1. The molecule has 0 amide bonds. The molecule has 0 fully saturated rings. The van der Waals surface area contributed by atoms with Crippen molar-refractivity contribution in [2.24, 2.45) is 0 Å². The van der Waals surface area contributed by atoms with E-state index in [0.717, 1.165) is 12.3 Å². The highest BCUT2D eigenvalue weighted by atomic mass is 31.1. The second-order valence-corrected chi connectivity index (χ2v) is 3.75. The highest BCUT2D eigenvalue weighted by molar-refractivity contribution is 7.51. The van der Waals surface area contributed by atoms with E-state index in [4.69, 9.17) is 0 Å². The maximum atomic E-state index is 9.27. The van der Waals surface area contributed by atoms with E-state index < -0.39 is 8.15 Å². The summed E-state index contributed by atoms with van der Waals surface area (Å²) in [4.78, 5) is 9.27. The van der Waals surface area contributed by atoms with Crippen molar-refractivity contribution in [1.82, 2.24) is 0 Å². The topological polar surface area (TPSA) is 20.2 Å². The van der Waals surface area contributed by atoms with Crippen molar-refractivity contribution in [3.8, 4) is 0 Å². The molecule has 0 bridgehead atoms. The van der Waals surface area contributed by atoms with Gasteiger partial charge in [0.05, 0.1) is 0 Å². The van der Waals surface area contributed by atoms with Crippen molar-refractivity contribution in [3.63, 3.8) is 0 Å². The van der Waals surface area contributed by atoms with Crippen LogP contribution >= 0.6 is 8.15 Å². The van der Waals surface area contributed by atoms with E-state index >= 15 is 0 Å². The molecule has 0 rings (SSSR count). The molecule has 0 aliphatic rings. The molecule has 0 aliphatic carbocycles. The van der Waals surface area contributed by atoms with E-state index in [2.05, 4.69) is 0 Å². The van der Waals surface area contributed by atoms with E-state index in [0.29, 0.717) is 0 Å². The molecular formula is C8H15OP. The predicted octanol–water partition coefficient (Wildman–Crippen LogP) is 2.53. The Hall–Kier alpha value is -0.130. The zero-order valence-corrected chi connectivity index (χ0v) is 7.51. The zero-order chi connectivity index (χ0) is 7.82. The average molecular weight is 158 g/mol. The molecule has 10 heavy (non-hydrogen) atoms. The Morgan fingerprint density at radius 2 is 1.50 bits per heavy atom. The van der Waals surface area contributed by atoms with Crippen molar-refractivity contribution in [3.05, 3.63) is 24.3 Å². The summed E-state index contributed by atoms with van der Waals surface area (Å²) in [6.07, 6.45) is 9.62. The highest BCUT2D eigenvalue weighted by Crippen LogP contribution is 2.29. The minimum Gasteiger partial charge on any atom is -0.373 e. The number of hydrogen-bond acceptors (Lipinski definition) is 1. The van der Waals surface area contributed by atoms with E-state index in [1.165, 1.54) is 0 Å². The Labute approximate surface area is 64.3 Å². The molecule has 0 heterocycles. The second-order valence-electron chi connectivity index (χ2n) is 2.01. The second kappa shape index (κ2) is 6.98. The summed E-state index contributed by atoms with van der Waals surface area (Å²) in [6.45, 7) is 3.94. The minimum absolute atomic E-state index is 0.766. The molecule has 0 aromatic heterocycles. The Morgan fingerprint density at radius 1 is 1.10 bits per heavy atom. The molecule has 0 aromatic carbocycles. The van der Waals surface area contributed by atoms with Crippen molar-refractivity contribution in [2.45, 2.75) is 13.8 Å². The molecule has 0 spiro atoms. The van der Waals surface area contributed by atoms with Gasteiger partial charge in [-0.1, -0.05) is 24.3 Å². The van der Waals surface area contributed by atoms with Crippen LogP contribution in [0.1, 0.15) is 13.8 Å². The fourth-order valence-corrected chi connectivity index (χ4v) is 1.59. The van der Waals surface area contributed by atoms with Gasteiger partial charge in [-0.25, -0.2) is 0 Å². The van der Waals surface area contributed by atoms with E-state index in [-0.39, 0.29) is 0 Å².